The van der Waals surface area contributed by atoms with Crippen molar-refractivity contribution in [3.05, 3.63) is 0 Å². The van der Waals surface area contributed by atoms with E-state index < -0.39 is 17.5 Å². The van der Waals surface area contributed by atoms with E-state index in [2.05, 4.69) is 15.3 Å². The van der Waals surface area contributed by atoms with Crippen LogP contribution in [0.2, 0.25) is 0 Å². The van der Waals surface area contributed by atoms with Crippen LogP contribution in [0.3, 0.4) is 0 Å². The zero-order valence-electron chi connectivity index (χ0n) is 9.46. The summed E-state index contributed by atoms with van der Waals surface area (Å²) in [6, 6.07) is -0.705. The van der Waals surface area contributed by atoms with E-state index >= 15 is 0 Å². The lowest BCUT2D eigenvalue weighted by molar-refractivity contribution is -0.220. The van der Waals surface area contributed by atoms with Crippen LogP contribution in [0.1, 0.15) is 13.3 Å². The fourth-order valence-electron chi connectivity index (χ4n) is 3.06. The minimum absolute atomic E-state index is 0.169. The molecule has 3 heterocycles. The monoisotopic (exact) mass is 240 g/mol. The van der Waals surface area contributed by atoms with Crippen molar-refractivity contribution in [2.45, 2.75) is 36.9 Å². The van der Waals surface area contributed by atoms with Crippen molar-refractivity contribution < 1.29 is 10.2 Å². The number of aliphatic imine (C=N–C) groups is 2. The number of nitrogens with one attached hydrogen (secondary N) is 1. The minimum Gasteiger partial charge on any atom is -0.370 e. The van der Waals surface area contributed by atoms with Gasteiger partial charge in [0, 0.05) is 13.0 Å². The van der Waals surface area contributed by atoms with Crippen LogP contribution in [0, 0.1) is 0 Å². The Balaban J connectivity index is 2.16. The van der Waals surface area contributed by atoms with Crippen LogP contribution >= 0.6 is 0 Å². The molecule has 3 atom stereocenters. The molecular weight excluding hydrogens is 224 g/mol. The van der Waals surface area contributed by atoms with Gasteiger partial charge >= 0.3 is 0 Å². The summed E-state index contributed by atoms with van der Waals surface area (Å²) in [5.74, 6) is -1.46. The number of aliphatic hydroxyl groups is 2. The van der Waals surface area contributed by atoms with Gasteiger partial charge in [-0.2, -0.15) is 0 Å². The van der Waals surface area contributed by atoms with Gasteiger partial charge in [-0.05, 0) is 6.92 Å². The molecule has 0 aromatic rings. The normalized spacial score (nSPS) is 42.4. The van der Waals surface area contributed by atoms with E-state index in [-0.39, 0.29) is 24.4 Å². The first-order valence-electron chi connectivity index (χ1n) is 5.55. The summed E-state index contributed by atoms with van der Waals surface area (Å²) in [4.78, 5) is 10.1. The fourth-order valence-corrected chi connectivity index (χ4v) is 3.06. The molecule has 0 aromatic heterocycles. The Morgan fingerprint density at radius 3 is 2.82 bits per heavy atom. The average Bonchev–Trinajstić information content (AvgIpc) is 2.68. The van der Waals surface area contributed by atoms with Crippen molar-refractivity contribution in [1.29, 1.82) is 0 Å². The second kappa shape index (κ2) is 2.82. The topological polar surface area (TPSA) is 132 Å². The molecule has 17 heavy (non-hydrogen) atoms. The van der Waals surface area contributed by atoms with Crippen molar-refractivity contribution in [2.24, 2.45) is 21.5 Å². The van der Waals surface area contributed by atoms with Crippen molar-refractivity contribution >= 4 is 11.9 Å². The standard InChI is InChI=1S/C9H16N6O2/c1-4-5-9(14-6(10)13-5)8(16,17)2-3-15(9)7(11)12-4/h4-5,16-17H,2-3H2,1H3,(H2,11,12)(H3,10,13,14). The summed E-state index contributed by atoms with van der Waals surface area (Å²) in [6.07, 6.45) is 0.169. The zero-order valence-corrected chi connectivity index (χ0v) is 9.46. The van der Waals surface area contributed by atoms with Crippen molar-refractivity contribution in [1.82, 2.24) is 10.2 Å². The third-order valence-electron chi connectivity index (χ3n) is 3.81. The molecule has 0 radical (unpaired) electrons. The Bertz CT molecular complexity index is 433. The maximum absolute atomic E-state index is 10.2. The molecule has 3 rings (SSSR count). The first-order chi connectivity index (χ1) is 7.88. The Labute approximate surface area is 98.0 Å². The van der Waals surface area contributed by atoms with Crippen LogP contribution in [0.5, 0.6) is 0 Å². The number of nitrogens with two attached hydrogens (primary N) is 2. The smallest absolute Gasteiger partial charge is 0.210 e. The van der Waals surface area contributed by atoms with Crippen molar-refractivity contribution in [2.75, 3.05) is 6.54 Å². The lowest BCUT2D eigenvalue weighted by Gasteiger charge is -2.48. The van der Waals surface area contributed by atoms with Crippen LogP contribution in [-0.4, -0.2) is 57.1 Å². The average molecular weight is 240 g/mol. The number of rotatable bonds is 0. The quantitative estimate of drug-likeness (QED) is 0.288. The molecular formula is C9H16N6O2. The number of guanidine groups is 2. The summed E-state index contributed by atoms with van der Waals surface area (Å²) in [5.41, 5.74) is 10.3. The Morgan fingerprint density at radius 1 is 1.41 bits per heavy atom. The molecule has 1 fully saturated rings. The molecule has 0 aliphatic carbocycles. The molecule has 0 bridgehead atoms. The van der Waals surface area contributed by atoms with E-state index in [1.807, 2.05) is 6.92 Å². The maximum atomic E-state index is 10.2. The van der Waals surface area contributed by atoms with Gasteiger partial charge < -0.3 is 31.9 Å². The first kappa shape index (κ1) is 10.6. The Kier molecular flexibility index (Phi) is 1.76. The lowest BCUT2D eigenvalue weighted by Crippen LogP contribution is -2.76. The molecule has 94 valence electrons. The van der Waals surface area contributed by atoms with Crippen molar-refractivity contribution in [3.8, 4) is 0 Å². The highest BCUT2D eigenvalue weighted by molar-refractivity contribution is 5.87. The van der Waals surface area contributed by atoms with Gasteiger partial charge in [0.25, 0.3) is 0 Å². The summed E-state index contributed by atoms with van der Waals surface area (Å²) in [7, 11) is 0. The molecule has 0 amide bonds. The maximum Gasteiger partial charge on any atom is 0.210 e. The van der Waals surface area contributed by atoms with Gasteiger partial charge in [-0.25, -0.2) is 9.98 Å². The van der Waals surface area contributed by atoms with Gasteiger partial charge in [-0.3, -0.25) is 0 Å². The lowest BCUT2D eigenvalue weighted by atomic mass is 9.87. The van der Waals surface area contributed by atoms with E-state index in [4.69, 9.17) is 11.5 Å². The predicted molar refractivity (Wildman–Crippen MR) is 60.9 cm³/mol. The molecule has 1 spiro atoms. The van der Waals surface area contributed by atoms with E-state index in [9.17, 15) is 10.2 Å². The van der Waals surface area contributed by atoms with Crippen LogP contribution in [0.15, 0.2) is 9.98 Å². The van der Waals surface area contributed by atoms with E-state index in [1.54, 1.807) is 4.90 Å². The summed E-state index contributed by atoms with van der Waals surface area (Å²) < 4.78 is 0. The largest absolute Gasteiger partial charge is 0.370 e. The molecule has 8 heteroatoms. The van der Waals surface area contributed by atoms with Gasteiger partial charge in [-0.1, -0.05) is 0 Å². The predicted octanol–water partition coefficient (Wildman–Crippen LogP) is -2.93. The zero-order chi connectivity index (χ0) is 12.4. The SMILES string of the molecule is CC1N=C(N)N2CCC(O)(O)C23NC(N)=NC13. The van der Waals surface area contributed by atoms with Gasteiger partial charge in [0.2, 0.25) is 5.79 Å². The Hall–Kier alpha value is -1.54. The number of nitrogens with zero attached hydrogens (tertiary/aromatic N) is 3. The van der Waals surface area contributed by atoms with Gasteiger partial charge in [0.05, 0.1) is 6.04 Å². The molecule has 8 nitrogen and oxygen atoms in total. The second-order valence-electron chi connectivity index (χ2n) is 4.80. The molecule has 3 aliphatic heterocycles. The van der Waals surface area contributed by atoms with Gasteiger partial charge in [0.1, 0.15) is 6.04 Å². The van der Waals surface area contributed by atoms with Crippen LogP contribution in [0.4, 0.5) is 0 Å². The van der Waals surface area contributed by atoms with E-state index in [0.29, 0.717) is 6.54 Å². The molecule has 0 aromatic carbocycles. The molecule has 7 N–H and O–H groups in total. The Morgan fingerprint density at radius 2 is 2.12 bits per heavy atom. The van der Waals surface area contributed by atoms with Crippen LogP contribution in [-0.2, 0) is 0 Å². The number of hydrogen-bond donors (Lipinski definition) is 5. The highest BCUT2D eigenvalue weighted by Crippen LogP contribution is 2.44. The van der Waals surface area contributed by atoms with Crippen LogP contribution in [0.25, 0.3) is 0 Å². The van der Waals surface area contributed by atoms with Gasteiger partial charge in [0.15, 0.2) is 17.6 Å². The van der Waals surface area contributed by atoms with Crippen LogP contribution < -0.4 is 16.8 Å². The van der Waals surface area contributed by atoms with E-state index in [1.165, 1.54) is 0 Å². The third kappa shape index (κ3) is 1.04. The fraction of sp³-hybridized carbons (Fsp3) is 0.778. The van der Waals surface area contributed by atoms with Gasteiger partial charge in [-0.15, -0.1) is 0 Å². The highest BCUT2D eigenvalue weighted by atomic mass is 16.5. The molecule has 0 saturated carbocycles. The summed E-state index contributed by atoms with van der Waals surface area (Å²) >= 11 is 0. The third-order valence-corrected chi connectivity index (χ3v) is 3.81. The first-order valence-corrected chi connectivity index (χ1v) is 5.55. The van der Waals surface area contributed by atoms with E-state index in [0.717, 1.165) is 0 Å². The highest BCUT2D eigenvalue weighted by Gasteiger charge is 2.68. The molecule has 1 saturated heterocycles. The summed E-state index contributed by atoms with van der Waals surface area (Å²) in [5, 5.41) is 23.3. The molecule has 3 unspecified atom stereocenters. The minimum atomic E-state index is -1.93. The summed E-state index contributed by atoms with van der Waals surface area (Å²) in [6.45, 7) is 2.23. The molecule has 3 aliphatic rings. The van der Waals surface area contributed by atoms with Crippen molar-refractivity contribution in [3.63, 3.8) is 0 Å². The number of hydrogen-bond acceptors (Lipinski definition) is 8. The second-order valence-corrected chi connectivity index (χ2v) is 4.80.